The molecule has 0 aromatic carbocycles. The summed E-state index contributed by atoms with van der Waals surface area (Å²) in [6.07, 6.45) is -0.0917. The molecule has 1 saturated carbocycles. The smallest absolute Gasteiger partial charge is 0.367 e. The Labute approximate surface area is 160 Å². The molecule has 0 unspecified atom stereocenters. The van der Waals surface area contributed by atoms with Gasteiger partial charge in [-0.15, -0.1) is 0 Å². The third-order valence-electron chi connectivity index (χ3n) is 4.65. The molecule has 0 amide bonds. The van der Waals surface area contributed by atoms with Gasteiger partial charge in [-0.25, -0.2) is 18.1 Å². The summed E-state index contributed by atoms with van der Waals surface area (Å²) in [5, 5.41) is 3.06. The predicted molar refractivity (Wildman–Crippen MR) is 102 cm³/mol. The van der Waals surface area contributed by atoms with Crippen molar-refractivity contribution in [3.63, 3.8) is 0 Å². The first-order valence-corrected chi connectivity index (χ1v) is 10.2. The van der Waals surface area contributed by atoms with E-state index in [2.05, 4.69) is 15.0 Å². The van der Waals surface area contributed by atoms with Gasteiger partial charge >= 0.3 is 6.18 Å². The van der Waals surface area contributed by atoms with E-state index in [0.29, 0.717) is 6.54 Å². The quantitative estimate of drug-likeness (QED) is 0.755. The van der Waals surface area contributed by atoms with Crippen LogP contribution in [0.5, 0.6) is 0 Å². The standard InChI is InChI=1S/C17H26F3N3O2S.CH4/c1-16(2,3)26(24,25)22-11-12-4-6-14(7-5-12)23-15-10-13(8-9-21-15)17(18,19)20;/h8-10,12,14,22H,4-7,11H2,1-3H3,(H,21,23);1H4. The van der Waals surface area contributed by atoms with Gasteiger partial charge in [0, 0.05) is 18.8 Å². The Kier molecular flexibility index (Phi) is 7.69. The molecule has 1 aliphatic rings. The lowest BCUT2D eigenvalue weighted by molar-refractivity contribution is -0.137. The highest BCUT2D eigenvalue weighted by Gasteiger charge is 2.32. The van der Waals surface area contributed by atoms with Crippen LogP contribution in [0.3, 0.4) is 0 Å². The van der Waals surface area contributed by atoms with E-state index in [9.17, 15) is 21.6 Å². The minimum Gasteiger partial charge on any atom is -0.367 e. The molecule has 1 fully saturated rings. The Morgan fingerprint density at radius 1 is 1.15 bits per heavy atom. The van der Waals surface area contributed by atoms with Gasteiger partial charge in [-0.2, -0.15) is 13.2 Å². The molecular formula is C18H30F3N3O2S. The fourth-order valence-electron chi connectivity index (χ4n) is 2.85. The summed E-state index contributed by atoms with van der Waals surface area (Å²) in [4.78, 5) is 3.96. The molecule has 0 saturated heterocycles. The minimum atomic E-state index is -4.39. The van der Waals surface area contributed by atoms with Gasteiger partial charge in [-0.3, -0.25) is 0 Å². The first-order valence-electron chi connectivity index (χ1n) is 8.67. The van der Waals surface area contributed by atoms with Gasteiger partial charge in [-0.1, -0.05) is 7.43 Å². The largest absolute Gasteiger partial charge is 0.416 e. The number of sulfonamides is 1. The summed E-state index contributed by atoms with van der Waals surface area (Å²) in [6.45, 7) is 5.35. The number of halogens is 3. The van der Waals surface area contributed by atoms with Crippen LogP contribution >= 0.6 is 0 Å². The lowest BCUT2D eigenvalue weighted by atomic mass is 9.86. The average Bonchev–Trinajstić information content (AvgIpc) is 2.53. The van der Waals surface area contributed by atoms with E-state index in [-0.39, 0.29) is 25.2 Å². The van der Waals surface area contributed by atoms with Gasteiger partial charge in [0.2, 0.25) is 10.0 Å². The number of anilines is 1. The molecule has 156 valence electrons. The Morgan fingerprint density at radius 2 is 1.74 bits per heavy atom. The SMILES string of the molecule is C.CC(C)(C)S(=O)(=O)NCC1CCC(Nc2cc(C(F)(F)F)ccn2)CC1. The van der Waals surface area contributed by atoms with E-state index in [0.717, 1.165) is 44.0 Å². The molecule has 0 radical (unpaired) electrons. The Morgan fingerprint density at radius 3 is 2.26 bits per heavy atom. The van der Waals surface area contributed by atoms with Gasteiger partial charge in [0.1, 0.15) is 5.82 Å². The number of aromatic nitrogens is 1. The van der Waals surface area contributed by atoms with Crippen LogP contribution in [0.25, 0.3) is 0 Å². The van der Waals surface area contributed by atoms with Crippen molar-refractivity contribution in [2.75, 3.05) is 11.9 Å². The number of rotatable bonds is 5. The van der Waals surface area contributed by atoms with Crippen LogP contribution in [-0.4, -0.2) is 30.7 Å². The zero-order valence-corrected chi connectivity index (χ0v) is 16.0. The van der Waals surface area contributed by atoms with Gasteiger partial charge in [0.05, 0.1) is 10.3 Å². The van der Waals surface area contributed by atoms with E-state index in [4.69, 9.17) is 0 Å². The van der Waals surface area contributed by atoms with E-state index in [1.165, 1.54) is 0 Å². The average molecular weight is 410 g/mol. The normalized spacial score (nSPS) is 21.4. The second-order valence-electron chi connectivity index (χ2n) is 7.75. The Bertz CT molecular complexity index is 707. The maximum atomic E-state index is 12.8. The number of nitrogens with one attached hydrogen (secondary N) is 2. The highest BCUT2D eigenvalue weighted by molar-refractivity contribution is 7.90. The zero-order valence-electron chi connectivity index (χ0n) is 15.2. The molecule has 9 heteroatoms. The first kappa shape index (κ1) is 23.7. The minimum absolute atomic E-state index is 0. The van der Waals surface area contributed by atoms with Crippen LogP contribution in [0.15, 0.2) is 18.3 Å². The van der Waals surface area contributed by atoms with Crippen molar-refractivity contribution in [1.29, 1.82) is 0 Å². The summed E-state index contributed by atoms with van der Waals surface area (Å²) in [6, 6.07) is 2.01. The monoisotopic (exact) mass is 409 g/mol. The van der Waals surface area contributed by atoms with Gasteiger partial charge < -0.3 is 5.32 Å². The van der Waals surface area contributed by atoms with Crippen LogP contribution in [0, 0.1) is 5.92 Å². The molecule has 0 atom stereocenters. The third kappa shape index (κ3) is 6.64. The molecule has 2 N–H and O–H groups in total. The second-order valence-corrected chi connectivity index (χ2v) is 10.3. The number of pyridine rings is 1. The summed E-state index contributed by atoms with van der Waals surface area (Å²) in [7, 11) is -3.36. The van der Waals surface area contributed by atoms with Crippen molar-refractivity contribution in [1.82, 2.24) is 9.71 Å². The van der Waals surface area contributed by atoms with Crippen molar-refractivity contribution in [3.8, 4) is 0 Å². The summed E-state index contributed by atoms with van der Waals surface area (Å²) in [5.74, 6) is 0.455. The second kappa shape index (κ2) is 8.77. The fourth-order valence-corrected chi connectivity index (χ4v) is 3.74. The summed E-state index contributed by atoms with van der Waals surface area (Å²) >= 11 is 0. The molecule has 0 bridgehead atoms. The highest BCUT2D eigenvalue weighted by Crippen LogP contribution is 2.31. The number of hydrogen-bond acceptors (Lipinski definition) is 4. The maximum absolute atomic E-state index is 12.8. The van der Waals surface area contributed by atoms with Crippen molar-refractivity contribution in [3.05, 3.63) is 23.9 Å². The predicted octanol–water partition coefficient (Wildman–Crippen LogP) is 4.43. The van der Waals surface area contributed by atoms with Crippen LogP contribution in [0.2, 0.25) is 0 Å². The number of hydrogen-bond donors (Lipinski definition) is 2. The van der Waals surface area contributed by atoms with E-state index in [1.54, 1.807) is 20.8 Å². The topological polar surface area (TPSA) is 71.1 Å². The van der Waals surface area contributed by atoms with Crippen molar-refractivity contribution in [2.45, 2.75) is 70.8 Å². The van der Waals surface area contributed by atoms with Gasteiger partial charge in [0.15, 0.2) is 0 Å². The number of nitrogens with zero attached hydrogens (tertiary/aromatic N) is 1. The molecule has 27 heavy (non-hydrogen) atoms. The zero-order chi connectivity index (χ0) is 19.6. The molecule has 0 aliphatic heterocycles. The van der Waals surface area contributed by atoms with Crippen molar-refractivity contribution < 1.29 is 21.6 Å². The van der Waals surface area contributed by atoms with Crippen molar-refractivity contribution >= 4 is 15.8 Å². The van der Waals surface area contributed by atoms with Crippen LogP contribution in [-0.2, 0) is 16.2 Å². The van der Waals surface area contributed by atoms with Crippen molar-refractivity contribution in [2.24, 2.45) is 5.92 Å². The van der Waals surface area contributed by atoms with Crippen LogP contribution < -0.4 is 10.0 Å². The van der Waals surface area contributed by atoms with Gasteiger partial charge in [-0.05, 0) is 64.5 Å². The molecule has 2 rings (SSSR count). The first-order chi connectivity index (χ1) is 11.9. The molecule has 1 aliphatic carbocycles. The van der Waals surface area contributed by atoms with E-state index < -0.39 is 26.5 Å². The van der Waals surface area contributed by atoms with E-state index >= 15 is 0 Å². The summed E-state index contributed by atoms with van der Waals surface area (Å²) < 4.78 is 64.3. The maximum Gasteiger partial charge on any atom is 0.416 e. The van der Waals surface area contributed by atoms with E-state index in [1.807, 2.05) is 0 Å². The molecule has 1 aromatic heterocycles. The molecule has 1 aromatic rings. The molecule has 0 spiro atoms. The Hall–Kier alpha value is -1.35. The van der Waals surface area contributed by atoms with Crippen LogP contribution in [0.4, 0.5) is 19.0 Å². The molecule has 5 nitrogen and oxygen atoms in total. The fraction of sp³-hybridized carbons (Fsp3) is 0.722. The Balaban J connectivity index is 0.00000364. The number of alkyl halides is 3. The molecule has 1 heterocycles. The summed E-state index contributed by atoms with van der Waals surface area (Å²) in [5.41, 5.74) is -0.722. The van der Waals surface area contributed by atoms with Crippen LogP contribution in [0.1, 0.15) is 59.4 Å². The lowest BCUT2D eigenvalue weighted by Crippen LogP contribution is -2.42. The third-order valence-corrected chi connectivity index (χ3v) is 6.81. The van der Waals surface area contributed by atoms with Gasteiger partial charge in [0.25, 0.3) is 0 Å². The molecular weight excluding hydrogens is 379 g/mol. The highest BCUT2D eigenvalue weighted by atomic mass is 32.2. The lowest BCUT2D eigenvalue weighted by Gasteiger charge is -2.30.